The highest BCUT2D eigenvalue weighted by molar-refractivity contribution is 6.01. The summed E-state index contributed by atoms with van der Waals surface area (Å²) in [5, 5.41) is 11.5. The van der Waals surface area contributed by atoms with Crippen LogP contribution in [0.25, 0.3) is 0 Å². The van der Waals surface area contributed by atoms with Gasteiger partial charge in [0.05, 0.1) is 12.7 Å². The van der Waals surface area contributed by atoms with Gasteiger partial charge in [-0.1, -0.05) is 25.5 Å². The summed E-state index contributed by atoms with van der Waals surface area (Å²) in [7, 11) is 0. The molecule has 4 aliphatic carbocycles. The minimum Gasteiger partial charge on any atom is -0.455 e. The zero-order valence-electron chi connectivity index (χ0n) is 20.3. The molecule has 7 atom stereocenters. The number of aliphatic hydroxyl groups is 1. The largest absolute Gasteiger partial charge is 0.509 e. The Morgan fingerprint density at radius 3 is 2.59 bits per heavy atom. The highest BCUT2D eigenvalue weighted by Crippen LogP contribution is 2.68. The smallest absolute Gasteiger partial charge is 0.455 e. The fourth-order valence-corrected chi connectivity index (χ4v) is 7.43. The topological polar surface area (TPSA) is 116 Å². The molecule has 3 saturated carbocycles. The van der Waals surface area contributed by atoms with Crippen molar-refractivity contribution in [3.8, 4) is 0 Å². The van der Waals surface area contributed by atoms with Gasteiger partial charge in [-0.2, -0.15) is 0 Å². The molecule has 8 nitrogen and oxygen atoms in total. The van der Waals surface area contributed by atoms with E-state index in [1.54, 1.807) is 19.1 Å². The molecule has 34 heavy (non-hydrogen) atoms. The minimum absolute atomic E-state index is 0.0235. The molecule has 0 aromatic rings. The monoisotopic (exact) mass is 474 g/mol. The Morgan fingerprint density at radius 1 is 1.18 bits per heavy atom. The van der Waals surface area contributed by atoms with E-state index >= 15 is 0 Å². The molecule has 4 aliphatic rings. The van der Waals surface area contributed by atoms with Crippen molar-refractivity contribution in [3.05, 3.63) is 23.8 Å². The van der Waals surface area contributed by atoms with Crippen LogP contribution >= 0.6 is 0 Å². The maximum Gasteiger partial charge on any atom is 0.509 e. The summed E-state index contributed by atoms with van der Waals surface area (Å²) in [5.74, 6) is -1.21. The average molecular weight is 475 g/mol. The molecule has 8 heteroatoms. The number of hydrogen-bond acceptors (Lipinski definition) is 8. The number of aliphatic hydroxyl groups excluding tert-OH is 1. The van der Waals surface area contributed by atoms with Gasteiger partial charge in [0.25, 0.3) is 0 Å². The second-order valence-corrected chi connectivity index (χ2v) is 10.6. The first kappa shape index (κ1) is 24.6. The van der Waals surface area contributed by atoms with Gasteiger partial charge in [-0.25, -0.2) is 9.59 Å². The minimum atomic E-state index is -1.65. The summed E-state index contributed by atoms with van der Waals surface area (Å²) >= 11 is 0. The number of ether oxygens (including phenoxy) is 3. The number of allylic oxidation sites excluding steroid dienone is 4. The lowest BCUT2D eigenvalue weighted by atomic mass is 9.46. The van der Waals surface area contributed by atoms with Crippen molar-refractivity contribution in [1.29, 1.82) is 0 Å². The molecule has 0 aliphatic heterocycles. The standard InChI is InChI=1S/C26H34O8/c1-5-32-23(31)34-26(22(30)33-14-15(2)27)11-9-19-18-7-6-16-12-17(28)8-10-24(16,3)21(18)20(29)13-25(19,26)4/h8,10,12,18-21,29H,5-7,9,11,13-14H2,1-4H3/t18-,19-,20-,21+,24-,25-,26-/m0/s1. The number of hydrogen-bond donors (Lipinski definition) is 1. The van der Waals surface area contributed by atoms with Gasteiger partial charge in [-0.05, 0) is 69.9 Å². The molecule has 186 valence electrons. The lowest BCUT2D eigenvalue weighted by Crippen LogP contribution is -2.63. The number of Topliss-reactive ketones (excluding diaryl/α,β-unsaturated/α-hetero) is 1. The number of ketones is 2. The van der Waals surface area contributed by atoms with E-state index in [4.69, 9.17) is 14.2 Å². The van der Waals surface area contributed by atoms with Crippen LogP contribution in [0.2, 0.25) is 0 Å². The molecule has 1 N–H and O–H groups in total. The number of fused-ring (bicyclic) bond motifs is 5. The van der Waals surface area contributed by atoms with E-state index in [0.29, 0.717) is 6.42 Å². The first-order chi connectivity index (χ1) is 16.0. The first-order valence-electron chi connectivity index (χ1n) is 12.1. The van der Waals surface area contributed by atoms with Crippen molar-refractivity contribution in [2.75, 3.05) is 13.2 Å². The molecule has 0 amide bonds. The van der Waals surface area contributed by atoms with Crippen molar-refractivity contribution in [2.45, 2.75) is 71.5 Å². The number of carbonyl (C=O) groups excluding carboxylic acids is 4. The Bertz CT molecular complexity index is 966. The summed E-state index contributed by atoms with van der Waals surface area (Å²) in [5.41, 5.74) is -1.96. The number of esters is 1. The molecule has 4 rings (SSSR count). The highest BCUT2D eigenvalue weighted by Gasteiger charge is 2.71. The third-order valence-corrected chi connectivity index (χ3v) is 8.87. The average Bonchev–Trinajstić information content (AvgIpc) is 3.04. The van der Waals surface area contributed by atoms with Gasteiger partial charge in [0.1, 0.15) is 6.61 Å². The fourth-order valence-electron chi connectivity index (χ4n) is 7.43. The summed E-state index contributed by atoms with van der Waals surface area (Å²) in [6.45, 7) is 6.59. The van der Waals surface area contributed by atoms with Gasteiger partial charge in [0.2, 0.25) is 5.60 Å². The molecule has 0 unspecified atom stereocenters. The van der Waals surface area contributed by atoms with E-state index in [9.17, 15) is 24.3 Å². The summed E-state index contributed by atoms with van der Waals surface area (Å²) < 4.78 is 16.1. The quantitative estimate of drug-likeness (QED) is 0.604. The third kappa shape index (κ3) is 3.61. The Labute approximate surface area is 199 Å². The van der Waals surface area contributed by atoms with Crippen molar-refractivity contribution in [2.24, 2.45) is 28.6 Å². The zero-order chi connectivity index (χ0) is 24.9. The fraction of sp³-hybridized carbons (Fsp3) is 0.692. The van der Waals surface area contributed by atoms with Gasteiger partial charge in [-0.3, -0.25) is 9.59 Å². The predicted octanol–water partition coefficient (Wildman–Crippen LogP) is 3.31. The second kappa shape index (κ2) is 8.63. The van der Waals surface area contributed by atoms with Crippen LogP contribution in [-0.2, 0) is 28.6 Å². The van der Waals surface area contributed by atoms with Crippen LogP contribution in [0.4, 0.5) is 4.79 Å². The predicted molar refractivity (Wildman–Crippen MR) is 120 cm³/mol. The summed E-state index contributed by atoms with van der Waals surface area (Å²) in [6.07, 6.45) is 5.99. The Balaban J connectivity index is 1.72. The Kier molecular flexibility index (Phi) is 6.25. The van der Waals surface area contributed by atoms with Gasteiger partial charge in [0, 0.05) is 16.7 Å². The van der Waals surface area contributed by atoms with Crippen molar-refractivity contribution in [1.82, 2.24) is 0 Å². The lowest BCUT2D eigenvalue weighted by molar-refractivity contribution is -0.201. The molecule has 0 saturated heterocycles. The normalized spacial score (nSPS) is 40.4. The molecular formula is C26H34O8. The second-order valence-electron chi connectivity index (χ2n) is 10.6. The lowest BCUT2D eigenvalue weighted by Gasteiger charge is -2.59. The molecule has 0 aromatic carbocycles. The van der Waals surface area contributed by atoms with E-state index in [2.05, 4.69) is 6.92 Å². The van der Waals surface area contributed by atoms with Gasteiger partial charge < -0.3 is 19.3 Å². The van der Waals surface area contributed by atoms with Crippen LogP contribution in [0.15, 0.2) is 23.8 Å². The van der Waals surface area contributed by atoms with E-state index in [0.717, 1.165) is 18.4 Å². The summed E-state index contributed by atoms with van der Waals surface area (Å²) in [6, 6.07) is 0. The van der Waals surface area contributed by atoms with E-state index < -0.39 is 41.3 Å². The molecule has 0 spiro atoms. The Morgan fingerprint density at radius 2 is 1.91 bits per heavy atom. The first-order valence-corrected chi connectivity index (χ1v) is 12.1. The molecule has 0 aromatic heterocycles. The SMILES string of the molecule is CCOC(=O)O[C@]1(C(=O)OCC(C)=O)CC[C@H]2[C@@H]3CCC4=CC(=O)C=C[C@]4(C)[C@H]3[C@@H](O)C[C@@]21C. The number of rotatable bonds is 5. The maximum absolute atomic E-state index is 13.4. The maximum atomic E-state index is 13.4. The van der Waals surface area contributed by atoms with Crippen molar-refractivity contribution >= 4 is 23.7 Å². The molecular weight excluding hydrogens is 440 g/mol. The highest BCUT2D eigenvalue weighted by atomic mass is 16.7. The van der Waals surface area contributed by atoms with Crippen LogP contribution in [-0.4, -0.2) is 53.7 Å². The van der Waals surface area contributed by atoms with E-state index in [-0.39, 0.29) is 48.8 Å². The van der Waals surface area contributed by atoms with E-state index in [1.807, 2.05) is 13.0 Å². The summed E-state index contributed by atoms with van der Waals surface area (Å²) in [4.78, 5) is 49.4. The van der Waals surface area contributed by atoms with E-state index in [1.165, 1.54) is 6.92 Å². The molecule has 0 bridgehead atoms. The van der Waals surface area contributed by atoms with Crippen LogP contribution in [0.1, 0.15) is 59.8 Å². The van der Waals surface area contributed by atoms with Gasteiger partial charge in [-0.15, -0.1) is 0 Å². The molecule has 0 radical (unpaired) electrons. The van der Waals surface area contributed by atoms with Crippen LogP contribution in [0, 0.1) is 28.6 Å². The Hall–Kier alpha value is -2.48. The van der Waals surface area contributed by atoms with Gasteiger partial charge >= 0.3 is 12.1 Å². The van der Waals surface area contributed by atoms with Crippen molar-refractivity contribution in [3.63, 3.8) is 0 Å². The van der Waals surface area contributed by atoms with Crippen LogP contribution in [0.5, 0.6) is 0 Å². The zero-order valence-corrected chi connectivity index (χ0v) is 20.3. The molecule has 0 heterocycles. The number of carbonyl (C=O) groups is 4. The third-order valence-electron chi connectivity index (χ3n) is 8.87. The molecule has 3 fully saturated rings. The van der Waals surface area contributed by atoms with Crippen LogP contribution < -0.4 is 0 Å². The van der Waals surface area contributed by atoms with Crippen molar-refractivity contribution < 1.29 is 38.5 Å². The van der Waals surface area contributed by atoms with Gasteiger partial charge in [0.15, 0.2) is 11.6 Å². The van der Waals surface area contributed by atoms with Crippen LogP contribution in [0.3, 0.4) is 0 Å².